The lowest BCUT2D eigenvalue weighted by Crippen LogP contribution is -2.53. The molecule has 1 aromatic rings. The molecule has 3 rings (SSSR count). The molecule has 22 heavy (non-hydrogen) atoms. The van der Waals surface area contributed by atoms with Gasteiger partial charge >= 0.3 is 0 Å². The van der Waals surface area contributed by atoms with Crippen LogP contribution >= 0.6 is 0 Å². The van der Waals surface area contributed by atoms with Crippen molar-refractivity contribution in [1.29, 1.82) is 0 Å². The maximum atomic E-state index is 12.5. The molecule has 2 fully saturated rings. The van der Waals surface area contributed by atoms with Crippen molar-refractivity contribution in [3.63, 3.8) is 0 Å². The molecular formula is C16H25N3O3. The number of nitrogens with zero attached hydrogens (tertiary/aromatic N) is 3. The van der Waals surface area contributed by atoms with Crippen molar-refractivity contribution in [3.05, 3.63) is 17.5 Å². The highest BCUT2D eigenvalue weighted by molar-refractivity contribution is 5.94. The van der Waals surface area contributed by atoms with E-state index in [1.54, 1.807) is 6.92 Å². The van der Waals surface area contributed by atoms with Gasteiger partial charge in [0.25, 0.3) is 5.91 Å². The minimum absolute atomic E-state index is 0.0218. The average Bonchev–Trinajstić information content (AvgIpc) is 2.93. The molecule has 3 heterocycles. The first kappa shape index (κ1) is 15.5. The minimum Gasteiger partial charge on any atom is -0.375 e. The SMILES string of the molecule is Cc1oncc1C(=O)N1CCC2(CC1)CC(N(C)C)CCO2. The lowest BCUT2D eigenvalue weighted by atomic mass is 9.82. The van der Waals surface area contributed by atoms with Gasteiger partial charge in [-0.3, -0.25) is 4.79 Å². The van der Waals surface area contributed by atoms with Gasteiger partial charge in [0.15, 0.2) is 0 Å². The highest BCUT2D eigenvalue weighted by Gasteiger charge is 2.41. The van der Waals surface area contributed by atoms with Crippen molar-refractivity contribution < 1.29 is 14.1 Å². The number of amides is 1. The third-order valence-corrected chi connectivity index (χ3v) is 5.14. The zero-order valence-electron chi connectivity index (χ0n) is 13.7. The second kappa shape index (κ2) is 6.01. The molecular weight excluding hydrogens is 282 g/mol. The Balaban J connectivity index is 1.63. The molecule has 2 saturated heterocycles. The summed E-state index contributed by atoms with van der Waals surface area (Å²) in [7, 11) is 4.27. The summed E-state index contributed by atoms with van der Waals surface area (Å²) in [4.78, 5) is 16.7. The quantitative estimate of drug-likeness (QED) is 0.832. The smallest absolute Gasteiger partial charge is 0.259 e. The van der Waals surface area contributed by atoms with Gasteiger partial charge in [-0.1, -0.05) is 5.16 Å². The number of rotatable bonds is 2. The van der Waals surface area contributed by atoms with Crippen molar-refractivity contribution in [2.75, 3.05) is 33.8 Å². The van der Waals surface area contributed by atoms with Crippen LogP contribution in [0.3, 0.4) is 0 Å². The first-order valence-electron chi connectivity index (χ1n) is 8.02. The van der Waals surface area contributed by atoms with Gasteiger partial charge in [0, 0.05) is 25.7 Å². The summed E-state index contributed by atoms with van der Waals surface area (Å²) < 4.78 is 11.1. The number of likely N-dealkylation sites (tertiary alicyclic amines) is 1. The lowest BCUT2D eigenvalue weighted by Gasteiger charge is -2.47. The van der Waals surface area contributed by atoms with E-state index in [1.807, 2.05) is 4.90 Å². The predicted molar refractivity (Wildman–Crippen MR) is 81.8 cm³/mol. The normalized spacial score (nSPS) is 24.9. The number of ether oxygens (including phenoxy) is 1. The van der Waals surface area contributed by atoms with Crippen molar-refractivity contribution in [2.24, 2.45) is 0 Å². The van der Waals surface area contributed by atoms with E-state index in [0.29, 0.717) is 17.4 Å². The van der Waals surface area contributed by atoms with Crippen LogP contribution in [0.2, 0.25) is 0 Å². The Morgan fingerprint density at radius 1 is 1.41 bits per heavy atom. The highest BCUT2D eigenvalue weighted by Crippen LogP contribution is 2.36. The first-order valence-corrected chi connectivity index (χ1v) is 8.02. The summed E-state index contributed by atoms with van der Waals surface area (Å²) in [6.07, 6.45) is 5.49. The van der Waals surface area contributed by atoms with E-state index in [2.05, 4.69) is 24.2 Å². The molecule has 122 valence electrons. The van der Waals surface area contributed by atoms with E-state index in [1.165, 1.54) is 6.20 Å². The summed E-state index contributed by atoms with van der Waals surface area (Å²) in [5, 5.41) is 3.70. The zero-order chi connectivity index (χ0) is 15.7. The van der Waals surface area contributed by atoms with Gasteiger partial charge in [0.2, 0.25) is 0 Å². The Morgan fingerprint density at radius 2 is 2.14 bits per heavy atom. The largest absolute Gasteiger partial charge is 0.375 e. The van der Waals surface area contributed by atoms with Gasteiger partial charge in [0.05, 0.1) is 11.8 Å². The molecule has 0 aromatic carbocycles. The Kier molecular flexibility index (Phi) is 4.23. The highest BCUT2D eigenvalue weighted by atomic mass is 16.5. The van der Waals surface area contributed by atoms with Crippen molar-refractivity contribution in [2.45, 2.75) is 44.2 Å². The molecule has 0 N–H and O–H groups in total. The Morgan fingerprint density at radius 3 is 2.73 bits per heavy atom. The van der Waals surface area contributed by atoms with Crippen LogP contribution in [0.15, 0.2) is 10.7 Å². The number of hydrogen-bond donors (Lipinski definition) is 0. The summed E-state index contributed by atoms with van der Waals surface area (Å²) in [5.74, 6) is 0.612. The number of aryl methyl sites for hydroxylation is 1. The molecule has 2 aliphatic rings. The molecule has 1 spiro atoms. The fraction of sp³-hybridized carbons (Fsp3) is 0.750. The zero-order valence-corrected chi connectivity index (χ0v) is 13.7. The van der Waals surface area contributed by atoms with E-state index < -0.39 is 0 Å². The number of aromatic nitrogens is 1. The van der Waals surface area contributed by atoms with E-state index >= 15 is 0 Å². The second-order valence-electron chi connectivity index (χ2n) is 6.73. The van der Waals surface area contributed by atoms with Crippen LogP contribution in [-0.2, 0) is 4.74 Å². The van der Waals surface area contributed by atoms with E-state index in [-0.39, 0.29) is 11.5 Å². The van der Waals surface area contributed by atoms with Gasteiger partial charge in [-0.05, 0) is 46.7 Å². The molecule has 0 saturated carbocycles. The van der Waals surface area contributed by atoms with Crippen molar-refractivity contribution >= 4 is 5.91 Å². The van der Waals surface area contributed by atoms with Gasteiger partial charge in [-0.2, -0.15) is 0 Å². The summed E-state index contributed by atoms with van der Waals surface area (Å²) in [6, 6.07) is 0.580. The van der Waals surface area contributed by atoms with Crippen molar-refractivity contribution in [3.8, 4) is 0 Å². The van der Waals surface area contributed by atoms with Gasteiger partial charge < -0.3 is 19.1 Å². The fourth-order valence-electron chi connectivity index (χ4n) is 3.58. The van der Waals surface area contributed by atoms with Crippen LogP contribution in [0.4, 0.5) is 0 Å². The molecule has 6 nitrogen and oxygen atoms in total. The standard InChI is InChI=1S/C16H25N3O3/c1-12-14(11-17-22-12)15(20)19-7-5-16(6-8-19)10-13(18(2)3)4-9-21-16/h11,13H,4-10H2,1-3H3. The van der Waals surface area contributed by atoms with Gasteiger partial charge in [-0.25, -0.2) is 0 Å². The molecule has 0 bridgehead atoms. The van der Waals surface area contributed by atoms with Crippen molar-refractivity contribution in [1.82, 2.24) is 15.0 Å². The van der Waals surface area contributed by atoms with Crippen LogP contribution in [0, 0.1) is 6.92 Å². The Hall–Kier alpha value is -1.40. The van der Waals surface area contributed by atoms with E-state index in [9.17, 15) is 4.79 Å². The van der Waals surface area contributed by atoms with Crippen LogP contribution < -0.4 is 0 Å². The number of carbonyl (C=O) groups is 1. The maximum Gasteiger partial charge on any atom is 0.259 e. The predicted octanol–water partition coefficient (Wildman–Crippen LogP) is 1.70. The number of piperidine rings is 1. The summed E-state index contributed by atoms with van der Waals surface area (Å²) >= 11 is 0. The molecule has 6 heteroatoms. The topological polar surface area (TPSA) is 58.8 Å². The van der Waals surface area contributed by atoms with Gasteiger partial charge in [0.1, 0.15) is 11.3 Å². The Bertz CT molecular complexity index is 532. The van der Waals surface area contributed by atoms with E-state index in [0.717, 1.165) is 45.4 Å². The fourth-order valence-corrected chi connectivity index (χ4v) is 3.58. The third-order valence-electron chi connectivity index (χ3n) is 5.14. The number of carbonyl (C=O) groups excluding carboxylic acids is 1. The van der Waals surface area contributed by atoms with Crippen LogP contribution in [0.5, 0.6) is 0 Å². The summed E-state index contributed by atoms with van der Waals surface area (Å²) in [6.45, 7) is 4.08. The van der Waals surface area contributed by atoms with Crippen LogP contribution in [0.25, 0.3) is 0 Å². The molecule has 2 aliphatic heterocycles. The molecule has 0 radical (unpaired) electrons. The van der Waals surface area contributed by atoms with Crippen LogP contribution in [-0.4, -0.2) is 66.3 Å². The molecule has 1 amide bonds. The molecule has 0 aliphatic carbocycles. The molecule has 1 unspecified atom stereocenters. The first-order chi connectivity index (χ1) is 10.5. The molecule has 1 atom stereocenters. The lowest BCUT2D eigenvalue weighted by molar-refractivity contribution is -0.125. The Labute approximate surface area is 131 Å². The third kappa shape index (κ3) is 2.90. The monoisotopic (exact) mass is 307 g/mol. The minimum atomic E-state index is -0.0480. The van der Waals surface area contributed by atoms with Crippen LogP contribution in [0.1, 0.15) is 41.8 Å². The van der Waals surface area contributed by atoms with E-state index in [4.69, 9.17) is 9.26 Å². The van der Waals surface area contributed by atoms with Gasteiger partial charge in [-0.15, -0.1) is 0 Å². The second-order valence-corrected chi connectivity index (χ2v) is 6.73. The summed E-state index contributed by atoms with van der Waals surface area (Å²) in [5.41, 5.74) is 0.528. The number of hydrogen-bond acceptors (Lipinski definition) is 5. The average molecular weight is 307 g/mol. The maximum absolute atomic E-state index is 12.5. The molecule has 1 aromatic heterocycles.